The first-order valence-electron chi connectivity index (χ1n) is 14.7. The van der Waals surface area contributed by atoms with Crippen LogP contribution in [-0.4, -0.2) is 6.71 Å². The zero-order chi connectivity index (χ0) is 28.9. The van der Waals surface area contributed by atoms with Crippen molar-refractivity contribution in [1.82, 2.24) is 0 Å². The van der Waals surface area contributed by atoms with E-state index in [1.54, 1.807) is 23.5 Å². The van der Waals surface area contributed by atoms with E-state index < -0.39 is 0 Å². The van der Waals surface area contributed by atoms with E-state index >= 15 is 0 Å². The van der Waals surface area contributed by atoms with Crippen molar-refractivity contribution in [3.63, 3.8) is 0 Å². The quantitative estimate of drug-likeness (QED) is 0.182. The number of halogens is 1. The third-order valence-corrected chi connectivity index (χ3v) is 11.2. The van der Waals surface area contributed by atoms with Gasteiger partial charge in [-0.2, -0.15) is 0 Å². The Hall–Kier alpha value is -4.91. The number of thiophene rings is 2. The summed E-state index contributed by atoms with van der Waals surface area (Å²) < 4.78 is 18.0. The molecule has 0 amide bonds. The molecule has 4 heterocycles. The molecule has 2 aromatic heterocycles. The van der Waals surface area contributed by atoms with Crippen molar-refractivity contribution in [2.24, 2.45) is 0 Å². The fraction of sp³-hybridized carbons (Fsp3) is 0. The predicted molar refractivity (Wildman–Crippen MR) is 189 cm³/mol. The molecule has 0 spiro atoms. The van der Waals surface area contributed by atoms with Crippen LogP contribution in [0.4, 0.5) is 38.5 Å². The molecule has 2 aliphatic rings. The fourth-order valence-corrected chi connectivity index (χ4v) is 9.26. The number of hydrogen-bond acceptors (Lipinski definition) is 4. The number of nitrogens with zero attached hydrogens (tertiary/aromatic N) is 2. The maximum atomic E-state index is 14.2. The Bertz CT molecular complexity index is 2430. The summed E-state index contributed by atoms with van der Waals surface area (Å²) in [7, 11) is 0. The standard InChI is InChI=1S/C38H22BFN2S2/c40-24-13-15-26(16-14-24)42-32-11-6-10-31-38(32)39(29-19-23-17-18-43-36(23)21-33(29)42)30-20-28-27-9-4-5-12-35(27)44-37(28)22-34(30)41(31)25-7-2-1-3-8-25/h1-22H. The van der Waals surface area contributed by atoms with Crippen molar-refractivity contribution in [3.05, 3.63) is 139 Å². The van der Waals surface area contributed by atoms with Gasteiger partial charge in [-0.3, -0.25) is 0 Å². The molecule has 0 saturated carbocycles. The third-order valence-electron chi connectivity index (χ3n) is 9.16. The summed E-state index contributed by atoms with van der Waals surface area (Å²) in [5.41, 5.74) is 10.6. The van der Waals surface area contributed by atoms with Crippen molar-refractivity contribution in [1.29, 1.82) is 0 Å². The van der Waals surface area contributed by atoms with E-state index in [4.69, 9.17) is 0 Å². The van der Waals surface area contributed by atoms with Gasteiger partial charge >= 0.3 is 0 Å². The average Bonchev–Trinajstić information content (AvgIpc) is 3.67. The molecule has 8 aromatic rings. The molecule has 6 aromatic carbocycles. The Balaban J connectivity index is 1.35. The average molecular weight is 601 g/mol. The minimum atomic E-state index is -0.233. The topological polar surface area (TPSA) is 6.48 Å². The van der Waals surface area contributed by atoms with E-state index in [2.05, 4.69) is 118 Å². The normalized spacial score (nSPS) is 13.4. The van der Waals surface area contributed by atoms with Crippen LogP contribution in [0.5, 0.6) is 0 Å². The summed E-state index contributed by atoms with van der Waals surface area (Å²) in [4.78, 5) is 4.77. The lowest BCUT2D eigenvalue weighted by Crippen LogP contribution is -2.61. The molecular weight excluding hydrogens is 578 g/mol. The van der Waals surface area contributed by atoms with Gasteiger partial charge in [0.05, 0.1) is 0 Å². The Kier molecular flexibility index (Phi) is 5.05. The number of rotatable bonds is 2. The largest absolute Gasteiger partial charge is 0.311 e. The zero-order valence-corrected chi connectivity index (χ0v) is 25.0. The van der Waals surface area contributed by atoms with E-state index in [0.717, 1.165) is 22.7 Å². The van der Waals surface area contributed by atoms with Crippen LogP contribution in [-0.2, 0) is 0 Å². The second kappa shape index (κ2) is 9.05. The minimum absolute atomic E-state index is 0.0372. The first-order chi connectivity index (χ1) is 21.7. The van der Waals surface area contributed by atoms with Crippen LogP contribution < -0.4 is 26.2 Å². The van der Waals surface area contributed by atoms with Gasteiger partial charge in [0.15, 0.2) is 0 Å². The summed E-state index contributed by atoms with van der Waals surface area (Å²) in [5, 5.41) is 6.03. The lowest BCUT2D eigenvalue weighted by Gasteiger charge is -2.44. The molecule has 0 unspecified atom stereocenters. The van der Waals surface area contributed by atoms with Crippen LogP contribution in [0.2, 0.25) is 0 Å². The van der Waals surface area contributed by atoms with Crippen LogP contribution in [0.25, 0.3) is 30.3 Å². The maximum absolute atomic E-state index is 14.2. The lowest BCUT2D eigenvalue weighted by atomic mass is 9.33. The molecule has 0 saturated heterocycles. The number of fused-ring (bicyclic) bond motifs is 8. The summed E-state index contributed by atoms with van der Waals surface area (Å²) in [5.74, 6) is -0.233. The molecule has 0 bridgehead atoms. The SMILES string of the molecule is Fc1ccc(N2c3cc4sccc4cc3B3c4cc5c(cc4N(c4ccccc4)c4cccc2c43)sc2ccccc25)cc1. The second-order valence-electron chi connectivity index (χ2n) is 11.5. The first kappa shape index (κ1) is 24.5. The van der Waals surface area contributed by atoms with E-state index in [1.165, 1.54) is 58.0 Å². The maximum Gasteiger partial charge on any atom is 0.252 e. The third kappa shape index (κ3) is 3.35. The van der Waals surface area contributed by atoms with Gasteiger partial charge in [-0.25, -0.2) is 4.39 Å². The van der Waals surface area contributed by atoms with Gasteiger partial charge in [-0.05, 0) is 105 Å². The van der Waals surface area contributed by atoms with Gasteiger partial charge < -0.3 is 9.80 Å². The Labute approximate surface area is 261 Å². The highest BCUT2D eigenvalue weighted by molar-refractivity contribution is 7.26. The van der Waals surface area contributed by atoms with Crippen LogP contribution in [0.3, 0.4) is 0 Å². The predicted octanol–water partition coefficient (Wildman–Crippen LogP) is 9.49. The molecule has 2 aliphatic heterocycles. The highest BCUT2D eigenvalue weighted by Crippen LogP contribution is 2.46. The van der Waals surface area contributed by atoms with Crippen LogP contribution in [0.15, 0.2) is 133 Å². The van der Waals surface area contributed by atoms with Gasteiger partial charge in [0.1, 0.15) is 5.82 Å². The van der Waals surface area contributed by atoms with Gasteiger partial charge in [0.2, 0.25) is 0 Å². The van der Waals surface area contributed by atoms with Crippen molar-refractivity contribution < 1.29 is 4.39 Å². The molecule has 2 nitrogen and oxygen atoms in total. The summed E-state index contributed by atoms with van der Waals surface area (Å²) in [6.45, 7) is 0.0372. The van der Waals surface area contributed by atoms with E-state index in [9.17, 15) is 4.39 Å². The van der Waals surface area contributed by atoms with Gasteiger partial charge in [-0.1, -0.05) is 54.6 Å². The second-order valence-corrected chi connectivity index (χ2v) is 13.5. The Morgan fingerprint density at radius 1 is 0.523 bits per heavy atom. The fourth-order valence-electron chi connectivity index (χ4n) is 7.33. The van der Waals surface area contributed by atoms with Crippen LogP contribution in [0.1, 0.15) is 0 Å². The number of hydrogen-bond donors (Lipinski definition) is 0. The molecule has 206 valence electrons. The number of para-hydroxylation sites is 1. The monoisotopic (exact) mass is 600 g/mol. The summed E-state index contributed by atoms with van der Waals surface area (Å²) in [6, 6.07) is 44.8. The number of anilines is 6. The molecule has 6 heteroatoms. The molecule has 44 heavy (non-hydrogen) atoms. The number of benzene rings is 6. The van der Waals surface area contributed by atoms with Crippen LogP contribution in [0, 0.1) is 5.82 Å². The van der Waals surface area contributed by atoms with E-state index in [1.807, 2.05) is 23.5 Å². The van der Waals surface area contributed by atoms with Crippen molar-refractivity contribution in [2.45, 2.75) is 0 Å². The molecule has 0 aliphatic carbocycles. The smallest absolute Gasteiger partial charge is 0.252 e. The van der Waals surface area contributed by atoms with Gasteiger partial charge in [0, 0.05) is 53.6 Å². The lowest BCUT2D eigenvalue weighted by molar-refractivity contribution is 0.628. The van der Waals surface area contributed by atoms with E-state index in [0.29, 0.717) is 0 Å². The molecule has 0 radical (unpaired) electrons. The van der Waals surface area contributed by atoms with Crippen molar-refractivity contribution >= 4 is 110 Å². The van der Waals surface area contributed by atoms with Gasteiger partial charge in [0.25, 0.3) is 6.71 Å². The minimum Gasteiger partial charge on any atom is -0.311 e. The Morgan fingerprint density at radius 3 is 2.00 bits per heavy atom. The Morgan fingerprint density at radius 2 is 1.20 bits per heavy atom. The highest BCUT2D eigenvalue weighted by atomic mass is 32.1. The summed E-state index contributed by atoms with van der Waals surface area (Å²) >= 11 is 3.62. The van der Waals surface area contributed by atoms with Gasteiger partial charge in [-0.15, -0.1) is 22.7 Å². The zero-order valence-electron chi connectivity index (χ0n) is 23.4. The van der Waals surface area contributed by atoms with Crippen molar-refractivity contribution in [3.8, 4) is 0 Å². The molecule has 0 atom stereocenters. The molecule has 10 rings (SSSR count). The highest BCUT2D eigenvalue weighted by Gasteiger charge is 2.43. The van der Waals surface area contributed by atoms with Crippen LogP contribution >= 0.6 is 22.7 Å². The van der Waals surface area contributed by atoms with E-state index in [-0.39, 0.29) is 12.5 Å². The molecule has 0 fully saturated rings. The first-order valence-corrected chi connectivity index (χ1v) is 16.4. The summed E-state index contributed by atoms with van der Waals surface area (Å²) in [6.07, 6.45) is 0. The van der Waals surface area contributed by atoms with Crippen molar-refractivity contribution in [2.75, 3.05) is 9.80 Å². The molecule has 0 N–H and O–H groups in total. The molecular formula is C38H22BFN2S2.